The van der Waals surface area contributed by atoms with Gasteiger partial charge in [-0.2, -0.15) is 0 Å². The first kappa shape index (κ1) is 10.8. The second-order valence-corrected chi connectivity index (χ2v) is 4.26. The summed E-state index contributed by atoms with van der Waals surface area (Å²) in [5.41, 5.74) is 0. The van der Waals surface area contributed by atoms with E-state index in [2.05, 4.69) is 15.9 Å². The monoisotopic (exact) mass is 266 g/mol. The number of hydrogen-bond acceptors (Lipinski definition) is 4. The molecule has 0 aromatic carbocycles. The number of halogens is 1. The molecule has 14 heavy (non-hydrogen) atoms. The summed E-state index contributed by atoms with van der Waals surface area (Å²) >= 11 is 3.32. The molecule has 2 fully saturated rings. The maximum absolute atomic E-state index is 5.61. The van der Waals surface area contributed by atoms with E-state index < -0.39 is 0 Å². The number of ether oxygens (including phenoxy) is 4. The van der Waals surface area contributed by atoms with Gasteiger partial charge in [0.1, 0.15) is 24.4 Å². The lowest BCUT2D eigenvalue weighted by Gasteiger charge is -2.15. The van der Waals surface area contributed by atoms with Crippen molar-refractivity contribution in [3.05, 3.63) is 0 Å². The second-order valence-electron chi connectivity index (χ2n) is 3.47. The van der Waals surface area contributed by atoms with Gasteiger partial charge < -0.3 is 18.9 Å². The van der Waals surface area contributed by atoms with Gasteiger partial charge in [0.25, 0.3) is 0 Å². The molecular formula is C9H15BrO4. The van der Waals surface area contributed by atoms with Crippen LogP contribution in [0.5, 0.6) is 0 Å². The first-order valence-corrected chi connectivity index (χ1v) is 5.92. The summed E-state index contributed by atoms with van der Waals surface area (Å²) < 4.78 is 22.1. The van der Waals surface area contributed by atoms with Gasteiger partial charge in [0.2, 0.25) is 0 Å². The number of hydrogen-bond donors (Lipinski definition) is 0. The van der Waals surface area contributed by atoms with Crippen molar-refractivity contribution < 1.29 is 18.9 Å². The average Bonchev–Trinajstić information content (AvgIpc) is 2.75. The van der Waals surface area contributed by atoms with Crippen molar-refractivity contribution in [2.45, 2.75) is 24.4 Å². The Hall–Kier alpha value is 0.320. The minimum atomic E-state index is 0.0546. The smallest absolute Gasteiger partial charge is 0.115 e. The molecule has 2 rings (SSSR count). The maximum Gasteiger partial charge on any atom is 0.115 e. The SMILES string of the molecule is CO[C@@H]1CO[C@H]2[C@@H]1OC[C@H]2OCCBr. The Balaban J connectivity index is 1.87. The Morgan fingerprint density at radius 1 is 1.21 bits per heavy atom. The van der Waals surface area contributed by atoms with E-state index in [1.54, 1.807) is 7.11 Å². The predicted octanol–water partition coefficient (Wildman–Crippen LogP) is 0.579. The minimum Gasteiger partial charge on any atom is -0.376 e. The van der Waals surface area contributed by atoms with Crippen LogP contribution in [0.15, 0.2) is 0 Å². The van der Waals surface area contributed by atoms with Crippen LogP contribution in [0.25, 0.3) is 0 Å². The number of rotatable bonds is 4. The summed E-state index contributed by atoms with van der Waals surface area (Å²) in [5.74, 6) is 0. The molecule has 4 nitrogen and oxygen atoms in total. The standard InChI is InChI=1S/C9H15BrO4/c1-11-6-4-13-9-7(12-3-2-10)5-14-8(6)9/h6-9H,2-5H2,1H3/t6-,7-,8-,9-/m1/s1. The van der Waals surface area contributed by atoms with Crippen LogP contribution < -0.4 is 0 Å². The lowest BCUT2D eigenvalue weighted by molar-refractivity contribution is -0.0375. The highest BCUT2D eigenvalue weighted by atomic mass is 79.9. The van der Waals surface area contributed by atoms with E-state index in [4.69, 9.17) is 18.9 Å². The van der Waals surface area contributed by atoms with Crippen molar-refractivity contribution in [3.8, 4) is 0 Å². The zero-order valence-corrected chi connectivity index (χ0v) is 9.73. The fraction of sp³-hybridized carbons (Fsp3) is 1.00. The highest BCUT2D eigenvalue weighted by molar-refractivity contribution is 9.09. The molecule has 0 saturated carbocycles. The normalized spacial score (nSPS) is 41.6. The fourth-order valence-corrected chi connectivity index (χ4v) is 2.16. The summed E-state index contributed by atoms with van der Waals surface area (Å²) in [6.45, 7) is 1.92. The summed E-state index contributed by atoms with van der Waals surface area (Å²) in [7, 11) is 1.69. The van der Waals surface area contributed by atoms with Crippen LogP contribution in [-0.4, -0.2) is 56.7 Å². The average molecular weight is 267 g/mol. The first-order chi connectivity index (χ1) is 6.86. The maximum atomic E-state index is 5.61. The zero-order chi connectivity index (χ0) is 9.97. The number of methoxy groups -OCH3 is 1. The molecule has 2 aliphatic rings. The fourth-order valence-electron chi connectivity index (χ4n) is 1.97. The van der Waals surface area contributed by atoms with E-state index in [1.165, 1.54) is 0 Å². The van der Waals surface area contributed by atoms with E-state index >= 15 is 0 Å². The summed E-state index contributed by atoms with van der Waals surface area (Å²) in [6, 6.07) is 0. The molecule has 0 spiro atoms. The molecule has 0 bridgehead atoms. The van der Waals surface area contributed by atoms with Crippen molar-refractivity contribution in [1.29, 1.82) is 0 Å². The van der Waals surface area contributed by atoms with Gasteiger partial charge in [0, 0.05) is 12.4 Å². The summed E-state index contributed by atoms with van der Waals surface area (Å²) in [4.78, 5) is 0. The minimum absolute atomic E-state index is 0.0546. The van der Waals surface area contributed by atoms with Gasteiger partial charge in [0.05, 0.1) is 19.8 Å². The van der Waals surface area contributed by atoms with Crippen molar-refractivity contribution >= 4 is 15.9 Å². The van der Waals surface area contributed by atoms with E-state index in [-0.39, 0.29) is 24.4 Å². The third kappa shape index (κ3) is 1.97. The molecule has 0 aliphatic carbocycles. The third-order valence-corrected chi connectivity index (χ3v) is 3.00. The Bertz CT molecular complexity index is 190. The predicted molar refractivity (Wildman–Crippen MR) is 53.8 cm³/mol. The van der Waals surface area contributed by atoms with Crippen LogP contribution in [0.2, 0.25) is 0 Å². The number of alkyl halides is 1. The van der Waals surface area contributed by atoms with Crippen LogP contribution >= 0.6 is 15.9 Å². The van der Waals surface area contributed by atoms with Crippen molar-refractivity contribution in [2.24, 2.45) is 0 Å². The Morgan fingerprint density at radius 3 is 2.50 bits per heavy atom. The van der Waals surface area contributed by atoms with Gasteiger partial charge in [-0.25, -0.2) is 0 Å². The third-order valence-electron chi connectivity index (χ3n) is 2.67. The first-order valence-electron chi connectivity index (χ1n) is 4.80. The molecule has 2 saturated heterocycles. The number of fused-ring (bicyclic) bond motifs is 1. The summed E-state index contributed by atoms with van der Waals surface area (Å²) in [6.07, 6.45) is 0.245. The van der Waals surface area contributed by atoms with Gasteiger partial charge >= 0.3 is 0 Å². The van der Waals surface area contributed by atoms with Crippen molar-refractivity contribution in [1.82, 2.24) is 0 Å². The Labute approximate surface area is 92.0 Å². The zero-order valence-electron chi connectivity index (χ0n) is 8.15. The quantitative estimate of drug-likeness (QED) is 0.698. The van der Waals surface area contributed by atoms with Gasteiger partial charge in [-0.1, -0.05) is 15.9 Å². The molecule has 0 amide bonds. The topological polar surface area (TPSA) is 36.9 Å². The van der Waals surface area contributed by atoms with Crippen LogP contribution in [-0.2, 0) is 18.9 Å². The molecule has 0 aromatic heterocycles. The highest BCUT2D eigenvalue weighted by Crippen LogP contribution is 2.29. The summed E-state index contributed by atoms with van der Waals surface area (Å²) in [5, 5.41) is 0.842. The molecule has 4 atom stereocenters. The highest BCUT2D eigenvalue weighted by Gasteiger charge is 2.48. The van der Waals surface area contributed by atoms with E-state index in [0.717, 1.165) is 5.33 Å². The molecule has 2 heterocycles. The lowest BCUT2D eigenvalue weighted by atomic mass is 10.1. The molecule has 82 valence electrons. The van der Waals surface area contributed by atoms with Gasteiger partial charge in [0.15, 0.2) is 0 Å². The largest absolute Gasteiger partial charge is 0.376 e. The Morgan fingerprint density at radius 2 is 1.86 bits per heavy atom. The van der Waals surface area contributed by atoms with Crippen LogP contribution in [0.4, 0.5) is 0 Å². The van der Waals surface area contributed by atoms with E-state index in [1.807, 2.05) is 0 Å². The molecule has 5 heteroatoms. The molecule has 2 aliphatic heterocycles. The van der Waals surface area contributed by atoms with Crippen LogP contribution in [0, 0.1) is 0 Å². The van der Waals surface area contributed by atoms with Crippen LogP contribution in [0.1, 0.15) is 0 Å². The molecule has 0 aromatic rings. The van der Waals surface area contributed by atoms with Crippen LogP contribution in [0.3, 0.4) is 0 Å². The van der Waals surface area contributed by atoms with Crippen molar-refractivity contribution in [3.63, 3.8) is 0 Å². The second kappa shape index (κ2) is 4.90. The van der Waals surface area contributed by atoms with Gasteiger partial charge in [-0.3, -0.25) is 0 Å². The van der Waals surface area contributed by atoms with E-state index in [0.29, 0.717) is 19.8 Å². The van der Waals surface area contributed by atoms with Gasteiger partial charge in [-0.05, 0) is 0 Å². The Kier molecular flexibility index (Phi) is 3.79. The molecule has 0 N–H and O–H groups in total. The molecule has 0 unspecified atom stereocenters. The van der Waals surface area contributed by atoms with E-state index in [9.17, 15) is 0 Å². The molecule has 0 radical (unpaired) electrons. The lowest BCUT2D eigenvalue weighted by Crippen LogP contribution is -2.33. The van der Waals surface area contributed by atoms with Gasteiger partial charge in [-0.15, -0.1) is 0 Å². The molecular weight excluding hydrogens is 252 g/mol. The van der Waals surface area contributed by atoms with Crippen molar-refractivity contribution in [2.75, 3.05) is 32.3 Å².